The first-order chi connectivity index (χ1) is 9.54. The van der Waals surface area contributed by atoms with Gasteiger partial charge in [0.25, 0.3) is 0 Å². The number of aryl methyl sites for hydroxylation is 1. The summed E-state index contributed by atoms with van der Waals surface area (Å²) in [6.45, 7) is 3.67. The van der Waals surface area contributed by atoms with Crippen LogP contribution < -0.4 is 0 Å². The molecule has 1 unspecified atom stereocenters. The van der Waals surface area contributed by atoms with E-state index in [0.29, 0.717) is 6.61 Å². The quantitative estimate of drug-likeness (QED) is 0.809. The smallest absolute Gasteiger partial charge is 0.132 e. The van der Waals surface area contributed by atoms with Gasteiger partial charge >= 0.3 is 0 Å². The van der Waals surface area contributed by atoms with E-state index in [9.17, 15) is 0 Å². The molecule has 0 aliphatic heterocycles. The monoisotopic (exact) mass is 273 g/mol. The number of benzene rings is 1. The molecule has 0 radical (unpaired) electrons. The topological polar surface area (TPSA) is 30.3 Å². The molecule has 1 aromatic carbocycles. The Hall–Kier alpha value is -1.65. The molecule has 1 heterocycles. The summed E-state index contributed by atoms with van der Waals surface area (Å²) in [5.74, 6) is 0. The van der Waals surface area contributed by atoms with Gasteiger partial charge in [-0.15, -0.1) is 0 Å². The molecule has 1 aromatic heterocycles. The highest BCUT2D eigenvalue weighted by molar-refractivity contribution is 5.31. The summed E-state index contributed by atoms with van der Waals surface area (Å²) in [7, 11) is 6.05. The Kier molecular flexibility index (Phi) is 4.57. The first-order valence-corrected chi connectivity index (χ1v) is 6.87. The lowest BCUT2D eigenvalue weighted by atomic mass is 9.92. The normalized spacial score (nSPS) is 14.4. The molecule has 4 nitrogen and oxygen atoms in total. The Morgan fingerprint density at radius 2 is 1.90 bits per heavy atom. The summed E-state index contributed by atoms with van der Waals surface area (Å²) in [6.07, 6.45) is 1.81. The molecule has 2 aromatic rings. The lowest BCUT2D eigenvalue weighted by molar-refractivity contribution is -0.0155. The van der Waals surface area contributed by atoms with E-state index in [1.165, 1.54) is 0 Å². The van der Waals surface area contributed by atoms with Crippen LogP contribution in [0.4, 0.5) is 0 Å². The van der Waals surface area contributed by atoms with Crippen LogP contribution in [0.1, 0.15) is 18.2 Å². The van der Waals surface area contributed by atoms with E-state index in [-0.39, 0.29) is 0 Å². The molecule has 0 amide bonds. The molecule has 1 atom stereocenters. The summed E-state index contributed by atoms with van der Waals surface area (Å²) in [5.41, 5.74) is 1.72. The van der Waals surface area contributed by atoms with Gasteiger partial charge in [0.2, 0.25) is 0 Å². The van der Waals surface area contributed by atoms with Gasteiger partial charge in [0.15, 0.2) is 0 Å². The molecular formula is C16H23N3O. The van der Waals surface area contributed by atoms with Crippen LogP contribution in [0.5, 0.6) is 0 Å². The van der Waals surface area contributed by atoms with Gasteiger partial charge in [-0.05, 0) is 32.6 Å². The van der Waals surface area contributed by atoms with Crippen molar-refractivity contribution in [2.75, 3.05) is 27.2 Å². The van der Waals surface area contributed by atoms with Crippen molar-refractivity contribution >= 4 is 0 Å². The van der Waals surface area contributed by atoms with Crippen molar-refractivity contribution in [1.29, 1.82) is 0 Å². The van der Waals surface area contributed by atoms with Crippen LogP contribution in [-0.4, -0.2) is 41.9 Å². The third-order valence-corrected chi connectivity index (χ3v) is 3.56. The fourth-order valence-corrected chi connectivity index (χ4v) is 2.34. The average molecular weight is 273 g/mol. The first-order valence-electron chi connectivity index (χ1n) is 6.87. The van der Waals surface area contributed by atoms with Gasteiger partial charge < -0.3 is 9.64 Å². The maximum absolute atomic E-state index is 6.25. The van der Waals surface area contributed by atoms with Gasteiger partial charge in [-0.1, -0.05) is 30.3 Å². The lowest BCUT2D eigenvalue weighted by Gasteiger charge is -2.31. The summed E-state index contributed by atoms with van der Waals surface area (Å²) in [5, 5.41) is 4.28. The minimum Gasteiger partial charge on any atom is -0.363 e. The molecule has 2 rings (SSSR count). The van der Waals surface area contributed by atoms with Crippen molar-refractivity contribution in [1.82, 2.24) is 14.7 Å². The van der Waals surface area contributed by atoms with Gasteiger partial charge in [-0.25, -0.2) is 0 Å². The zero-order valence-corrected chi connectivity index (χ0v) is 12.7. The van der Waals surface area contributed by atoms with E-state index in [1.807, 2.05) is 56.3 Å². The van der Waals surface area contributed by atoms with Gasteiger partial charge in [0.05, 0.1) is 12.3 Å². The Morgan fingerprint density at radius 1 is 1.20 bits per heavy atom. The number of rotatable bonds is 6. The van der Waals surface area contributed by atoms with Crippen LogP contribution in [0, 0.1) is 0 Å². The van der Waals surface area contributed by atoms with E-state index in [2.05, 4.69) is 29.1 Å². The molecule has 0 N–H and O–H groups in total. The van der Waals surface area contributed by atoms with Crippen molar-refractivity contribution in [3.8, 4) is 0 Å². The highest BCUT2D eigenvalue weighted by Gasteiger charge is 2.32. The van der Waals surface area contributed by atoms with E-state index in [1.54, 1.807) is 0 Å². The first kappa shape index (κ1) is 14.8. The predicted molar refractivity (Wildman–Crippen MR) is 80.6 cm³/mol. The predicted octanol–water partition coefficient (Wildman–Crippen LogP) is 2.26. The standard InChI is InChI=1S/C16H23N3O/c1-16(20-13-12-18(2)3,14-8-6-5-7-9-14)15-10-11-17-19(15)4/h5-11H,12-13H2,1-4H3. The van der Waals surface area contributed by atoms with Crippen LogP contribution in [0.2, 0.25) is 0 Å². The highest BCUT2D eigenvalue weighted by Crippen LogP contribution is 2.32. The van der Waals surface area contributed by atoms with Gasteiger partial charge in [-0.3, -0.25) is 4.68 Å². The molecule has 0 saturated carbocycles. The van der Waals surface area contributed by atoms with Crippen LogP contribution in [0.3, 0.4) is 0 Å². The molecular weight excluding hydrogens is 250 g/mol. The molecule has 0 saturated heterocycles. The van der Waals surface area contributed by atoms with Crippen LogP contribution in [-0.2, 0) is 17.4 Å². The zero-order chi connectivity index (χ0) is 14.6. The fourth-order valence-electron chi connectivity index (χ4n) is 2.34. The number of nitrogens with zero attached hydrogens (tertiary/aromatic N) is 3. The molecule has 4 heteroatoms. The van der Waals surface area contributed by atoms with Crippen molar-refractivity contribution in [2.45, 2.75) is 12.5 Å². The Balaban J connectivity index is 2.31. The third-order valence-electron chi connectivity index (χ3n) is 3.56. The summed E-state index contributed by atoms with van der Waals surface area (Å²) in [6, 6.07) is 12.3. The molecule has 108 valence electrons. The largest absolute Gasteiger partial charge is 0.363 e. The van der Waals surface area contributed by atoms with Gasteiger partial charge in [-0.2, -0.15) is 5.10 Å². The lowest BCUT2D eigenvalue weighted by Crippen LogP contribution is -2.33. The minimum atomic E-state index is -0.484. The van der Waals surface area contributed by atoms with Gasteiger partial charge in [0, 0.05) is 19.8 Å². The second-order valence-corrected chi connectivity index (χ2v) is 5.39. The molecule has 0 aliphatic carbocycles. The zero-order valence-electron chi connectivity index (χ0n) is 12.7. The van der Waals surface area contributed by atoms with Crippen LogP contribution in [0.15, 0.2) is 42.6 Å². The van der Waals surface area contributed by atoms with E-state index in [4.69, 9.17) is 4.74 Å². The second-order valence-electron chi connectivity index (χ2n) is 5.39. The SMILES string of the molecule is CN(C)CCOC(C)(c1ccccc1)c1ccnn1C. The maximum atomic E-state index is 6.25. The Labute approximate surface area is 121 Å². The maximum Gasteiger partial charge on any atom is 0.132 e. The highest BCUT2D eigenvalue weighted by atomic mass is 16.5. The second kappa shape index (κ2) is 6.20. The minimum absolute atomic E-state index is 0.484. The van der Waals surface area contributed by atoms with E-state index >= 15 is 0 Å². The number of ether oxygens (including phenoxy) is 1. The Morgan fingerprint density at radius 3 is 2.45 bits per heavy atom. The van der Waals surface area contributed by atoms with E-state index in [0.717, 1.165) is 17.8 Å². The van der Waals surface area contributed by atoms with Crippen molar-refractivity contribution in [3.05, 3.63) is 53.9 Å². The third kappa shape index (κ3) is 3.08. The molecule has 0 bridgehead atoms. The fraction of sp³-hybridized carbons (Fsp3) is 0.438. The van der Waals surface area contributed by atoms with Crippen molar-refractivity contribution in [3.63, 3.8) is 0 Å². The van der Waals surface area contributed by atoms with Crippen LogP contribution >= 0.6 is 0 Å². The molecule has 20 heavy (non-hydrogen) atoms. The number of hydrogen-bond acceptors (Lipinski definition) is 3. The number of aromatic nitrogens is 2. The summed E-state index contributed by atoms with van der Waals surface area (Å²) >= 11 is 0. The van der Waals surface area contributed by atoms with Crippen LogP contribution in [0.25, 0.3) is 0 Å². The van der Waals surface area contributed by atoms with E-state index < -0.39 is 5.60 Å². The molecule has 0 spiro atoms. The molecule has 0 aliphatic rings. The van der Waals surface area contributed by atoms with Crippen molar-refractivity contribution in [2.24, 2.45) is 7.05 Å². The summed E-state index contributed by atoms with van der Waals surface area (Å²) < 4.78 is 8.13. The number of likely N-dealkylation sites (N-methyl/N-ethyl adjacent to an activating group) is 1. The summed E-state index contributed by atoms with van der Waals surface area (Å²) in [4.78, 5) is 2.12. The van der Waals surface area contributed by atoms with Gasteiger partial charge in [0.1, 0.15) is 5.60 Å². The average Bonchev–Trinajstić information content (AvgIpc) is 2.86. The Bertz CT molecular complexity index is 536. The number of hydrogen-bond donors (Lipinski definition) is 0. The van der Waals surface area contributed by atoms with Crippen molar-refractivity contribution < 1.29 is 4.74 Å². The molecule has 0 fully saturated rings.